The Bertz CT molecular complexity index is 370. The van der Waals surface area contributed by atoms with Crippen molar-refractivity contribution in [2.24, 2.45) is 0 Å². The normalized spacial score (nSPS) is 24.7. The maximum Gasteiger partial charge on any atom is 0.129 e. The minimum Gasteiger partial charge on any atom is -0.366 e. The van der Waals surface area contributed by atoms with Crippen molar-refractivity contribution in [2.45, 2.75) is 37.5 Å². The SMILES string of the molecule is CSC1CCCC1Nc1ncc(Br)cc1C. The van der Waals surface area contributed by atoms with Gasteiger partial charge in [-0.05, 0) is 53.6 Å². The van der Waals surface area contributed by atoms with Crippen LogP contribution in [0.5, 0.6) is 0 Å². The van der Waals surface area contributed by atoms with E-state index < -0.39 is 0 Å². The Morgan fingerprint density at radius 2 is 2.31 bits per heavy atom. The molecule has 2 nitrogen and oxygen atoms in total. The molecular formula is C12H17BrN2S. The van der Waals surface area contributed by atoms with Gasteiger partial charge in [-0.2, -0.15) is 11.8 Å². The molecule has 0 amide bonds. The fraction of sp³-hybridized carbons (Fsp3) is 0.583. The highest BCUT2D eigenvalue weighted by Crippen LogP contribution is 2.31. The Hall–Kier alpha value is -0.220. The average molecular weight is 301 g/mol. The van der Waals surface area contributed by atoms with Gasteiger partial charge < -0.3 is 5.32 Å². The highest BCUT2D eigenvalue weighted by molar-refractivity contribution is 9.10. The molecule has 1 aliphatic rings. The topological polar surface area (TPSA) is 24.9 Å². The quantitative estimate of drug-likeness (QED) is 0.918. The third-order valence-electron chi connectivity index (χ3n) is 3.12. The van der Waals surface area contributed by atoms with Crippen LogP contribution in [0.1, 0.15) is 24.8 Å². The van der Waals surface area contributed by atoms with Crippen LogP contribution in [0.2, 0.25) is 0 Å². The summed E-state index contributed by atoms with van der Waals surface area (Å²) in [6.07, 6.45) is 7.99. The molecule has 1 N–H and O–H groups in total. The van der Waals surface area contributed by atoms with Gasteiger partial charge in [-0.1, -0.05) is 6.42 Å². The Labute approximate surface area is 110 Å². The van der Waals surface area contributed by atoms with Gasteiger partial charge in [0, 0.05) is 22.0 Å². The molecule has 2 atom stereocenters. The third-order valence-corrected chi connectivity index (χ3v) is 4.73. The molecule has 0 saturated heterocycles. The van der Waals surface area contributed by atoms with Gasteiger partial charge in [-0.25, -0.2) is 4.98 Å². The van der Waals surface area contributed by atoms with Crippen LogP contribution in [0.4, 0.5) is 5.82 Å². The maximum atomic E-state index is 4.44. The second-order valence-electron chi connectivity index (χ2n) is 4.27. The Morgan fingerprint density at radius 3 is 3.00 bits per heavy atom. The zero-order valence-corrected chi connectivity index (χ0v) is 12.1. The lowest BCUT2D eigenvalue weighted by molar-refractivity contribution is 0.762. The van der Waals surface area contributed by atoms with Crippen molar-refractivity contribution in [1.82, 2.24) is 4.98 Å². The van der Waals surface area contributed by atoms with Crippen LogP contribution < -0.4 is 5.32 Å². The first-order chi connectivity index (χ1) is 7.70. The van der Waals surface area contributed by atoms with E-state index in [1.54, 1.807) is 0 Å². The summed E-state index contributed by atoms with van der Waals surface area (Å²) in [5, 5.41) is 4.33. The lowest BCUT2D eigenvalue weighted by atomic mass is 10.2. The summed E-state index contributed by atoms with van der Waals surface area (Å²) < 4.78 is 1.04. The van der Waals surface area contributed by atoms with Gasteiger partial charge in [0.2, 0.25) is 0 Å². The minimum absolute atomic E-state index is 0.586. The number of anilines is 1. The monoisotopic (exact) mass is 300 g/mol. The molecule has 88 valence electrons. The van der Waals surface area contributed by atoms with Crippen molar-refractivity contribution in [1.29, 1.82) is 0 Å². The minimum atomic E-state index is 0.586. The summed E-state index contributed by atoms with van der Waals surface area (Å²) in [4.78, 5) is 4.44. The number of hydrogen-bond acceptors (Lipinski definition) is 3. The van der Waals surface area contributed by atoms with Crippen molar-refractivity contribution in [3.63, 3.8) is 0 Å². The first-order valence-corrected chi connectivity index (χ1v) is 7.70. The van der Waals surface area contributed by atoms with E-state index in [1.165, 1.54) is 24.8 Å². The molecule has 2 unspecified atom stereocenters. The molecular weight excluding hydrogens is 284 g/mol. The van der Waals surface area contributed by atoms with E-state index >= 15 is 0 Å². The number of thioether (sulfide) groups is 1. The van der Waals surface area contributed by atoms with E-state index in [1.807, 2.05) is 18.0 Å². The molecule has 0 aromatic carbocycles. The number of nitrogens with one attached hydrogen (secondary N) is 1. The van der Waals surface area contributed by atoms with Crippen molar-refractivity contribution >= 4 is 33.5 Å². The van der Waals surface area contributed by atoms with Crippen LogP contribution in [0.25, 0.3) is 0 Å². The molecule has 1 heterocycles. The highest BCUT2D eigenvalue weighted by atomic mass is 79.9. The lowest BCUT2D eigenvalue weighted by Crippen LogP contribution is -2.26. The molecule has 1 aromatic rings. The predicted molar refractivity (Wildman–Crippen MR) is 75.2 cm³/mol. The van der Waals surface area contributed by atoms with Crippen molar-refractivity contribution in [2.75, 3.05) is 11.6 Å². The number of aryl methyl sites for hydroxylation is 1. The fourth-order valence-corrected chi connectivity index (χ4v) is 3.62. The highest BCUT2D eigenvalue weighted by Gasteiger charge is 2.26. The van der Waals surface area contributed by atoms with Crippen molar-refractivity contribution < 1.29 is 0 Å². The second-order valence-corrected chi connectivity index (χ2v) is 6.27. The summed E-state index contributed by atoms with van der Waals surface area (Å²) in [7, 11) is 0. The number of pyridine rings is 1. The van der Waals surface area contributed by atoms with Crippen molar-refractivity contribution in [3.05, 3.63) is 22.3 Å². The zero-order valence-electron chi connectivity index (χ0n) is 9.66. The van der Waals surface area contributed by atoms with E-state index in [0.29, 0.717) is 6.04 Å². The third kappa shape index (κ3) is 2.72. The van der Waals surface area contributed by atoms with Gasteiger partial charge in [-0.15, -0.1) is 0 Å². The summed E-state index contributed by atoms with van der Waals surface area (Å²) in [6.45, 7) is 2.10. The van der Waals surface area contributed by atoms with E-state index in [2.05, 4.69) is 45.5 Å². The molecule has 0 spiro atoms. The Balaban J connectivity index is 2.08. The summed E-state index contributed by atoms with van der Waals surface area (Å²) >= 11 is 5.41. The largest absolute Gasteiger partial charge is 0.366 e. The summed E-state index contributed by atoms with van der Waals surface area (Å²) in [6, 6.07) is 2.70. The van der Waals surface area contributed by atoms with Gasteiger partial charge in [0.25, 0.3) is 0 Å². The number of rotatable bonds is 3. The number of halogens is 1. The van der Waals surface area contributed by atoms with Gasteiger partial charge in [-0.3, -0.25) is 0 Å². The van der Waals surface area contributed by atoms with E-state index in [-0.39, 0.29) is 0 Å². The molecule has 1 aromatic heterocycles. The average Bonchev–Trinajstić information content (AvgIpc) is 2.69. The second kappa shape index (κ2) is 5.41. The molecule has 0 aliphatic heterocycles. The number of aromatic nitrogens is 1. The molecule has 1 saturated carbocycles. The number of nitrogens with zero attached hydrogens (tertiary/aromatic N) is 1. The van der Waals surface area contributed by atoms with E-state index in [9.17, 15) is 0 Å². The molecule has 0 bridgehead atoms. The molecule has 0 radical (unpaired) electrons. The van der Waals surface area contributed by atoms with Crippen LogP contribution in [0.3, 0.4) is 0 Å². The van der Waals surface area contributed by atoms with Crippen LogP contribution in [-0.2, 0) is 0 Å². The standard InChI is InChI=1S/C12H17BrN2S/c1-8-6-9(13)7-14-12(8)15-10-4-3-5-11(10)16-2/h6-7,10-11H,3-5H2,1-2H3,(H,14,15). The first-order valence-electron chi connectivity index (χ1n) is 5.62. The van der Waals surface area contributed by atoms with Gasteiger partial charge in [0.15, 0.2) is 0 Å². The van der Waals surface area contributed by atoms with Gasteiger partial charge >= 0.3 is 0 Å². The first kappa shape index (κ1) is 12.2. The Kier molecular flexibility index (Phi) is 4.14. The smallest absolute Gasteiger partial charge is 0.129 e. The molecule has 16 heavy (non-hydrogen) atoms. The molecule has 1 fully saturated rings. The molecule has 2 rings (SSSR count). The maximum absolute atomic E-state index is 4.44. The fourth-order valence-electron chi connectivity index (χ4n) is 2.24. The summed E-state index contributed by atoms with van der Waals surface area (Å²) in [5.74, 6) is 1.04. The van der Waals surface area contributed by atoms with Gasteiger partial charge in [0.05, 0.1) is 0 Å². The van der Waals surface area contributed by atoms with E-state index in [0.717, 1.165) is 15.5 Å². The molecule has 4 heteroatoms. The van der Waals surface area contributed by atoms with Crippen LogP contribution in [0.15, 0.2) is 16.7 Å². The molecule has 1 aliphatic carbocycles. The van der Waals surface area contributed by atoms with Gasteiger partial charge in [0.1, 0.15) is 5.82 Å². The lowest BCUT2D eigenvalue weighted by Gasteiger charge is -2.20. The Morgan fingerprint density at radius 1 is 1.50 bits per heavy atom. The zero-order chi connectivity index (χ0) is 11.5. The van der Waals surface area contributed by atoms with Crippen LogP contribution in [0, 0.1) is 6.92 Å². The predicted octanol–water partition coefficient (Wildman–Crippen LogP) is 3.85. The summed E-state index contributed by atoms with van der Waals surface area (Å²) in [5.41, 5.74) is 1.21. The van der Waals surface area contributed by atoms with Crippen LogP contribution >= 0.6 is 27.7 Å². The number of hydrogen-bond donors (Lipinski definition) is 1. The van der Waals surface area contributed by atoms with Crippen molar-refractivity contribution in [3.8, 4) is 0 Å². The van der Waals surface area contributed by atoms with Crippen LogP contribution in [-0.4, -0.2) is 22.5 Å². The van der Waals surface area contributed by atoms with E-state index in [4.69, 9.17) is 0 Å².